The number of esters is 1. The highest BCUT2D eigenvalue weighted by Crippen LogP contribution is 2.24. The monoisotopic (exact) mass is 311 g/mol. The predicted molar refractivity (Wildman–Crippen MR) is 94.7 cm³/mol. The minimum Gasteiger partial charge on any atom is -0.467 e. The van der Waals surface area contributed by atoms with Gasteiger partial charge < -0.3 is 10.1 Å². The van der Waals surface area contributed by atoms with E-state index in [0.717, 1.165) is 11.3 Å². The zero-order valence-electron chi connectivity index (χ0n) is 14.3. The summed E-state index contributed by atoms with van der Waals surface area (Å²) in [5.41, 5.74) is 3.40. The summed E-state index contributed by atoms with van der Waals surface area (Å²) in [5.74, 6) is -0.256. The summed E-state index contributed by atoms with van der Waals surface area (Å²) in [6, 6.07) is 17.8. The minimum atomic E-state index is -0.400. The van der Waals surface area contributed by atoms with Crippen molar-refractivity contribution in [2.24, 2.45) is 0 Å². The van der Waals surface area contributed by atoms with Gasteiger partial charge in [-0.2, -0.15) is 0 Å². The Balaban J connectivity index is 2.13. The second-order valence-corrected chi connectivity index (χ2v) is 6.74. The van der Waals surface area contributed by atoms with Gasteiger partial charge in [0.05, 0.1) is 7.11 Å². The Hall–Kier alpha value is -2.29. The quantitative estimate of drug-likeness (QED) is 0.842. The topological polar surface area (TPSA) is 38.3 Å². The molecule has 3 heteroatoms. The molecule has 1 atom stereocenters. The van der Waals surface area contributed by atoms with Crippen LogP contribution in [0.5, 0.6) is 0 Å². The van der Waals surface area contributed by atoms with Crippen LogP contribution in [0.25, 0.3) is 0 Å². The average Bonchev–Trinajstić information content (AvgIpc) is 2.54. The third-order valence-corrected chi connectivity index (χ3v) is 3.86. The second-order valence-electron chi connectivity index (χ2n) is 6.74. The molecule has 122 valence electrons. The van der Waals surface area contributed by atoms with Crippen LogP contribution >= 0.6 is 0 Å². The van der Waals surface area contributed by atoms with Crippen LogP contribution in [0.15, 0.2) is 54.6 Å². The summed E-state index contributed by atoms with van der Waals surface area (Å²) >= 11 is 0. The highest BCUT2D eigenvalue weighted by molar-refractivity contribution is 5.79. The van der Waals surface area contributed by atoms with Crippen LogP contribution < -0.4 is 5.32 Å². The maximum Gasteiger partial charge on any atom is 0.328 e. The first-order valence-electron chi connectivity index (χ1n) is 7.89. The normalized spacial score (nSPS) is 12.5. The average molecular weight is 311 g/mol. The molecule has 0 saturated carbocycles. The number of benzene rings is 2. The molecule has 0 aromatic heterocycles. The summed E-state index contributed by atoms with van der Waals surface area (Å²) < 4.78 is 4.93. The Morgan fingerprint density at radius 2 is 1.65 bits per heavy atom. The molecule has 1 N–H and O–H groups in total. The summed E-state index contributed by atoms with van der Waals surface area (Å²) in [7, 11) is 1.42. The molecule has 2 rings (SSSR count). The second kappa shape index (κ2) is 7.32. The standard InChI is InChI=1S/C20H25NO2/c1-20(2,3)16-10-12-17(13-11-16)21-18(19(22)23-4)14-15-8-6-5-7-9-15/h5-13,18,21H,14H2,1-4H3. The summed E-state index contributed by atoms with van der Waals surface area (Å²) in [6.07, 6.45) is 0.592. The van der Waals surface area contributed by atoms with Gasteiger partial charge in [-0.15, -0.1) is 0 Å². The number of hydrogen-bond donors (Lipinski definition) is 1. The summed E-state index contributed by atoms with van der Waals surface area (Å²) in [6.45, 7) is 6.55. The first-order valence-corrected chi connectivity index (χ1v) is 7.89. The summed E-state index contributed by atoms with van der Waals surface area (Å²) in [5, 5.41) is 3.28. The van der Waals surface area contributed by atoms with Gasteiger partial charge in [-0.3, -0.25) is 0 Å². The molecule has 0 saturated heterocycles. The van der Waals surface area contributed by atoms with E-state index >= 15 is 0 Å². The fourth-order valence-electron chi connectivity index (χ4n) is 2.45. The molecule has 0 fully saturated rings. The molecule has 3 nitrogen and oxygen atoms in total. The predicted octanol–water partition coefficient (Wildman–Crippen LogP) is 4.18. The molecular formula is C20H25NO2. The molecule has 0 amide bonds. The number of ether oxygens (including phenoxy) is 1. The van der Waals surface area contributed by atoms with Crippen LogP contribution in [0, 0.1) is 0 Å². The molecule has 2 aromatic carbocycles. The van der Waals surface area contributed by atoms with E-state index in [-0.39, 0.29) is 11.4 Å². The van der Waals surface area contributed by atoms with Gasteiger partial charge in [0, 0.05) is 12.1 Å². The van der Waals surface area contributed by atoms with Crippen molar-refractivity contribution >= 4 is 11.7 Å². The van der Waals surface area contributed by atoms with Gasteiger partial charge in [0.1, 0.15) is 6.04 Å². The Bertz CT molecular complexity index is 627. The summed E-state index contributed by atoms with van der Waals surface area (Å²) in [4.78, 5) is 12.1. The molecule has 0 spiro atoms. The van der Waals surface area contributed by atoms with Crippen molar-refractivity contribution < 1.29 is 9.53 Å². The van der Waals surface area contributed by atoms with Crippen LogP contribution in [0.3, 0.4) is 0 Å². The van der Waals surface area contributed by atoms with E-state index < -0.39 is 6.04 Å². The fourth-order valence-corrected chi connectivity index (χ4v) is 2.45. The third-order valence-electron chi connectivity index (χ3n) is 3.86. The van der Waals surface area contributed by atoms with Crippen LogP contribution in [-0.4, -0.2) is 19.1 Å². The van der Waals surface area contributed by atoms with E-state index in [4.69, 9.17) is 4.74 Å². The maximum atomic E-state index is 12.1. The lowest BCUT2D eigenvalue weighted by Gasteiger charge is -2.21. The van der Waals surface area contributed by atoms with Crippen molar-refractivity contribution in [1.82, 2.24) is 0 Å². The zero-order valence-corrected chi connectivity index (χ0v) is 14.3. The van der Waals surface area contributed by atoms with E-state index in [0.29, 0.717) is 6.42 Å². The number of carbonyl (C=O) groups is 1. The smallest absolute Gasteiger partial charge is 0.328 e. The van der Waals surface area contributed by atoms with E-state index in [1.807, 2.05) is 42.5 Å². The van der Waals surface area contributed by atoms with Crippen molar-refractivity contribution in [3.8, 4) is 0 Å². The minimum absolute atomic E-state index is 0.115. The number of rotatable bonds is 5. The Kier molecular flexibility index (Phi) is 5.43. The van der Waals surface area contributed by atoms with Gasteiger partial charge in [0.2, 0.25) is 0 Å². The Labute approximate surface area is 138 Å². The lowest BCUT2D eigenvalue weighted by molar-refractivity contribution is -0.141. The number of anilines is 1. The molecule has 0 radical (unpaired) electrons. The maximum absolute atomic E-state index is 12.1. The van der Waals surface area contributed by atoms with Gasteiger partial charge in [-0.05, 0) is 28.7 Å². The SMILES string of the molecule is COC(=O)C(Cc1ccccc1)Nc1ccc(C(C)(C)C)cc1. The van der Waals surface area contributed by atoms with E-state index in [1.54, 1.807) is 0 Å². The van der Waals surface area contributed by atoms with Crippen LogP contribution in [0.4, 0.5) is 5.69 Å². The molecule has 2 aromatic rings. The van der Waals surface area contributed by atoms with Crippen LogP contribution in [-0.2, 0) is 21.4 Å². The van der Waals surface area contributed by atoms with Crippen molar-refractivity contribution in [3.05, 3.63) is 65.7 Å². The zero-order chi connectivity index (χ0) is 16.9. The number of hydrogen-bond acceptors (Lipinski definition) is 3. The molecule has 23 heavy (non-hydrogen) atoms. The van der Waals surface area contributed by atoms with Gasteiger partial charge in [-0.1, -0.05) is 63.2 Å². The van der Waals surface area contributed by atoms with Gasteiger partial charge in [-0.25, -0.2) is 4.79 Å². The third kappa shape index (κ3) is 4.85. The van der Waals surface area contributed by atoms with E-state index in [1.165, 1.54) is 12.7 Å². The van der Waals surface area contributed by atoms with Gasteiger partial charge in [0.15, 0.2) is 0 Å². The molecule has 0 aliphatic heterocycles. The number of carbonyl (C=O) groups excluding carboxylic acids is 1. The molecule has 0 heterocycles. The van der Waals surface area contributed by atoms with Gasteiger partial charge >= 0.3 is 5.97 Å². The molecular weight excluding hydrogens is 286 g/mol. The molecule has 1 unspecified atom stereocenters. The van der Waals surface area contributed by atoms with Crippen molar-refractivity contribution in [2.75, 3.05) is 12.4 Å². The van der Waals surface area contributed by atoms with Crippen molar-refractivity contribution in [2.45, 2.75) is 38.6 Å². The van der Waals surface area contributed by atoms with Gasteiger partial charge in [0.25, 0.3) is 0 Å². The molecule has 0 aliphatic carbocycles. The van der Waals surface area contributed by atoms with Crippen LogP contribution in [0.2, 0.25) is 0 Å². The van der Waals surface area contributed by atoms with E-state index in [2.05, 4.69) is 38.2 Å². The first kappa shape index (κ1) is 17.1. The lowest BCUT2D eigenvalue weighted by Crippen LogP contribution is -2.32. The largest absolute Gasteiger partial charge is 0.467 e. The highest BCUT2D eigenvalue weighted by Gasteiger charge is 2.20. The van der Waals surface area contributed by atoms with Crippen molar-refractivity contribution in [3.63, 3.8) is 0 Å². The lowest BCUT2D eigenvalue weighted by atomic mass is 9.87. The Morgan fingerprint density at radius 3 is 2.17 bits per heavy atom. The fraction of sp³-hybridized carbons (Fsp3) is 0.350. The van der Waals surface area contributed by atoms with Crippen LogP contribution in [0.1, 0.15) is 31.9 Å². The molecule has 0 bridgehead atoms. The molecule has 0 aliphatic rings. The number of methoxy groups -OCH3 is 1. The number of nitrogens with one attached hydrogen (secondary N) is 1. The van der Waals surface area contributed by atoms with Crippen molar-refractivity contribution in [1.29, 1.82) is 0 Å². The van der Waals surface area contributed by atoms with E-state index in [9.17, 15) is 4.79 Å². The highest BCUT2D eigenvalue weighted by atomic mass is 16.5. The first-order chi connectivity index (χ1) is 10.9. The Morgan fingerprint density at radius 1 is 1.04 bits per heavy atom.